The van der Waals surface area contributed by atoms with Crippen molar-refractivity contribution in [1.82, 2.24) is 25.0 Å². The van der Waals surface area contributed by atoms with E-state index in [2.05, 4.69) is 15.4 Å². The number of nitrogens with one attached hydrogen (secondary N) is 1. The van der Waals surface area contributed by atoms with Crippen LogP contribution in [0.4, 0.5) is 0 Å². The molecular formula is C20H25N5O2S. The molecule has 2 amide bonds. The molecule has 7 nitrogen and oxygen atoms in total. The van der Waals surface area contributed by atoms with Crippen molar-refractivity contribution in [3.63, 3.8) is 0 Å². The monoisotopic (exact) mass is 399 g/mol. The molecule has 2 aromatic rings. The van der Waals surface area contributed by atoms with Gasteiger partial charge in [-0.3, -0.25) is 14.3 Å². The fraction of sp³-hybridized carbons (Fsp3) is 0.500. The second kappa shape index (κ2) is 8.34. The van der Waals surface area contributed by atoms with Gasteiger partial charge in [0.1, 0.15) is 0 Å². The molecule has 148 valence electrons. The highest BCUT2D eigenvalue weighted by atomic mass is 32.2. The number of fused-ring (bicyclic) bond motifs is 1. The van der Waals surface area contributed by atoms with Crippen molar-refractivity contribution < 1.29 is 9.59 Å². The Morgan fingerprint density at radius 2 is 2.18 bits per heavy atom. The number of aromatic nitrogens is 3. The van der Waals surface area contributed by atoms with Crippen LogP contribution < -0.4 is 5.32 Å². The van der Waals surface area contributed by atoms with Crippen LogP contribution in [0.25, 0.3) is 0 Å². The van der Waals surface area contributed by atoms with E-state index in [-0.39, 0.29) is 11.8 Å². The molecule has 8 heteroatoms. The maximum Gasteiger partial charge on any atom is 0.272 e. The van der Waals surface area contributed by atoms with Gasteiger partial charge in [-0.2, -0.15) is 5.10 Å². The van der Waals surface area contributed by atoms with Crippen LogP contribution in [0, 0.1) is 5.92 Å². The number of thioether (sulfide) groups is 1. The van der Waals surface area contributed by atoms with Gasteiger partial charge in [-0.05, 0) is 37.8 Å². The quantitative estimate of drug-likeness (QED) is 0.722. The lowest BCUT2D eigenvalue weighted by molar-refractivity contribution is -0.129. The van der Waals surface area contributed by atoms with E-state index in [0.29, 0.717) is 37.0 Å². The molecule has 1 fully saturated rings. The number of pyridine rings is 1. The summed E-state index contributed by atoms with van der Waals surface area (Å²) in [6.07, 6.45) is 4.95. The van der Waals surface area contributed by atoms with Crippen LogP contribution in [-0.2, 0) is 24.3 Å². The predicted octanol–water partition coefficient (Wildman–Crippen LogP) is 2.11. The highest BCUT2D eigenvalue weighted by Crippen LogP contribution is 2.32. The van der Waals surface area contributed by atoms with Gasteiger partial charge in [-0.15, -0.1) is 0 Å². The maximum absolute atomic E-state index is 12.7. The standard InChI is InChI=1S/C20H25N5O2S/c1-2-21-20(27)19-15-12-24(18(26)13-28-17-5-3-4-9-22-17)10-8-16(15)25(23-19)11-14-6-7-14/h3-5,9,14H,2,6-8,10-13H2,1H3,(H,21,27). The smallest absolute Gasteiger partial charge is 0.272 e. The van der Waals surface area contributed by atoms with Gasteiger partial charge in [0.25, 0.3) is 5.91 Å². The second-order valence-corrected chi connectivity index (χ2v) is 8.28. The fourth-order valence-electron chi connectivity index (χ4n) is 3.49. The van der Waals surface area contributed by atoms with Crippen molar-refractivity contribution in [2.24, 2.45) is 5.92 Å². The molecule has 28 heavy (non-hydrogen) atoms. The molecule has 1 aliphatic heterocycles. The average molecular weight is 400 g/mol. The van der Waals surface area contributed by atoms with Crippen LogP contribution in [0.5, 0.6) is 0 Å². The number of rotatable bonds is 7. The van der Waals surface area contributed by atoms with E-state index in [1.807, 2.05) is 34.7 Å². The van der Waals surface area contributed by atoms with Crippen LogP contribution in [0.1, 0.15) is 41.5 Å². The number of hydrogen-bond donors (Lipinski definition) is 1. The Kier molecular flexibility index (Phi) is 5.66. The van der Waals surface area contributed by atoms with Crippen LogP contribution in [-0.4, -0.2) is 50.3 Å². The Balaban J connectivity index is 1.48. The van der Waals surface area contributed by atoms with E-state index in [1.54, 1.807) is 6.20 Å². The van der Waals surface area contributed by atoms with Gasteiger partial charge in [0.2, 0.25) is 5.91 Å². The van der Waals surface area contributed by atoms with E-state index in [9.17, 15) is 9.59 Å². The second-order valence-electron chi connectivity index (χ2n) is 7.28. The molecule has 1 N–H and O–H groups in total. The van der Waals surface area contributed by atoms with Gasteiger partial charge < -0.3 is 10.2 Å². The molecule has 2 aromatic heterocycles. The largest absolute Gasteiger partial charge is 0.351 e. The van der Waals surface area contributed by atoms with Gasteiger partial charge in [0.15, 0.2) is 5.69 Å². The van der Waals surface area contributed by atoms with Crippen LogP contribution in [0.15, 0.2) is 29.4 Å². The zero-order valence-corrected chi connectivity index (χ0v) is 16.9. The lowest BCUT2D eigenvalue weighted by Gasteiger charge is -2.28. The summed E-state index contributed by atoms with van der Waals surface area (Å²) in [5, 5.41) is 8.33. The molecule has 0 saturated heterocycles. The lowest BCUT2D eigenvalue weighted by Crippen LogP contribution is -2.38. The number of hydrogen-bond acceptors (Lipinski definition) is 5. The summed E-state index contributed by atoms with van der Waals surface area (Å²) < 4.78 is 2.02. The van der Waals surface area contributed by atoms with Crippen molar-refractivity contribution in [1.29, 1.82) is 0 Å². The number of amides is 2. The van der Waals surface area contributed by atoms with E-state index in [0.717, 1.165) is 29.2 Å². The summed E-state index contributed by atoms with van der Waals surface area (Å²) in [6.45, 7) is 4.46. The van der Waals surface area contributed by atoms with E-state index in [1.165, 1.54) is 24.6 Å². The third kappa shape index (κ3) is 4.22. The van der Waals surface area contributed by atoms with Gasteiger partial charge >= 0.3 is 0 Å². The molecule has 4 rings (SSSR count). The first-order valence-electron chi connectivity index (χ1n) is 9.84. The summed E-state index contributed by atoms with van der Waals surface area (Å²) in [5.41, 5.74) is 2.51. The molecule has 1 saturated carbocycles. The minimum atomic E-state index is -0.148. The topological polar surface area (TPSA) is 80.1 Å². The van der Waals surface area contributed by atoms with E-state index in [4.69, 9.17) is 0 Å². The minimum absolute atomic E-state index is 0.0677. The Hall–Kier alpha value is -2.35. The van der Waals surface area contributed by atoms with E-state index < -0.39 is 0 Å². The maximum atomic E-state index is 12.7. The fourth-order valence-corrected chi connectivity index (χ4v) is 4.25. The molecule has 2 aliphatic rings. The highest BCUT2D eigenvalue weighted by molar-refractivity contribution is 7.99. The summed E-state index contributed by atoms with van der Waals surface area (Å²) in [4.78, 5) is 31.3. The number of carbonyl (C=O) groups excluding carboxylic acids is 2. The Bertz CT molecular complexity index is 863. The Morgan fingerprint density at radius 1 is 1.32 bits per heavy atom. The molecular weight excluding hydrogens is 374 g/mol. The molecule has 0 atom stereocenters. The first-order valence-corrected chi connectivity index (χ1v) is 10.8. The molecule has 0 aromatic carbocycles. The zero-order chi connectivity index (χ0) is 19.5. The zero-order valence-electron chi connectivity index (χ0n) is 16.1. The lowest BCUT2D eigenvalue weighted by atomic mass is 10.0. The third-order valence-electron chi connectivity index (χ3n) is 5.15. The van der Waals surface area contributed by atoms with Crippen molar-refractivity contribution in [3.8, 4) is 0 Å². The highest BCUT2D eigenvalue weighted by Gasteiger charge is 2.32. The summed E-state index contributed by atoms with van der Waals surface area (Å²) >= 11 is 1.44. The predicted molar refractivity (Wildman–Crippen MR) is 107 cm³/mol. The molecule has 0 unspecified atom stereocenters. The van der Waals surface area contributed by atoms with Gasteiger partial charge in [0.05, 0.1) is 10.8 Å². The van der Waals surface area contributed by atoms with Crippen molar-refractivity contribution >= 4 is 23.6 Å². The first-order chi connectivity index (χ1) is 13.7. The minimum Gasteiger partial charge on any atom is -0.351 e. The van der Waals surface area contributed by atoms with E-state index >= 15 is 0 Å². The van der Waals surface area contributed by atoms with Crippen molar-refractivity contribution in [3.05, 3.63) is 41.3 Å². The molecule has 1 aliphatic carbocycles. The van der Waals surface area contributed by atoms with Crippen LogP contribution in [0.2, 0.25) is 0 Å². The molecule has 0 spiro atoms. The molecule has 0 bridgehead atoms. The average Bonchev–Trinajstić information content (AvgIpc) is 3.46. The number of carbonyl (C=O) groups is 2. The first kappa shape index (κ1) is 19.0. The third-order valence-corrected chi connectivity index (χ3v) is 6.08. The van der Waals surface area contributed by atoms with Crippen molar-refractivity contribution in [2.45, 2.75) is 44.3 Å². The number of nitrogens with zero attached hydrogens (tertiary/aromatic N) is 4. The van der Waals surface area contributed by atoms with Crippen molar-refractivity contribution in [2.75, 3.05) is 18.8 Å². The van der Waals surface area contributed by atoms with Crippen LogP contribution in [0.3, 0.4) is 0 Å². The summed E-state index contributed by atoms with van der Waals surface area (Å²) in [5.74, 6) is 0.947. The SMILES string of the molecule is CCNC(=O)c1nn(CC2CC2)c2c1CN(C(=O)CSc1ccccn1)CC2. The molecule has 3 heterocycles. The summed E-state index contributed by atoms with van der Waals surface area (Å²) in [6, 6.07) is 5.68. The Labute approximate surface area is 168 Å². The Morgan fingerprint density at radius 3 is 2.89 bits per heavy atom. The normalized spacial score (nSPS) is 16.0. The summed E-state index contributed by atoms with van der Waals surface area (Å²) in [7, 11) is 0. The van der Waals surface area contributed by atoms with Crippen LogP contribution >= 0.6 is 11.8 Å². The van der Waals surface area contributed by atoms with Gasteiger partial charge in [-0.1, -0.05) is 17.8 Å². The van der Waals surface area contributed by atoms with Gasteiger partial charge in [0, 0.05) is 50.1 Å². The van der Waals surface area contributed by atoms with Gasteiger partial charge in [-0.25, -0.2) is 4.98 Å². The molecule has 0 radical (unpaired) electrons.